The average molecular weight is 758 g/mol. The molecule has 5 saturated carbocycles. The molecule has 5 fully saturated rings. The van der Waals surface area contributed by atoms with E-state index in [9.17, 15) is 19.8 Å². The van der Waals surface area contributed by atoms with Gasteiger partial charge in [-0.05, 0) is 164 Å². The van der Waals surface area contributed by atoms with Crippen molar-refractivity contribution in [1.82, 2.24) is 9.97 Å². The predicted octanol–water partition coefficient (Wildman–Crippen LogP) is 11.6. The van der Waals surface area contributed by atoms with Crippen molar-refractivity contribution in [3.05, 3.63) is 73.3 Å². The van der Waals surface area contributed by atoms with E-state index in [0.29, 0.717) is 42.4 Å². The molecule has 10 atom stereocenters. The Morgan fingerprint density at radius 3 is 1.77 bits per heavy atom. The summed E-state index contributed by atoms with van der Waals surface area (Å²) in [4.78, 5) is 31.0. The van der Waals surface area contributed by atoms with Crippen LogP contribution in [0.5, 0.6) is 0 Å². The first-order chi connectivity index (χ1) is 23.6. The Balaban J connectivity index is 0.000000440. The Morgan fingerprint density at radius 2 is 1.29 bits per heavy atom. The number of allylic oxidation sites excluding steroid dienone is 1. The zero-order valence-corrected chi connectivity index (χ0v) is 34.2. The topological polar surface area (TPSA) is 100 Å². The summed E-state index contributed by atoms with van der Waals surface area (Å²) >= 11 is 0. The number of aliphatic carboxylic acids is 2. The maximum Gasteiger partial charge on any atom is 0.303 e. The van der Waals surface area contributed by atoms with E-state index < -0.39 is 11.9 Å². The van der Waals surface area contributed by atoms with Crippen molar-refractivity contribution in [1.29, 1.82) is 0 Å². The van der Waals surface area contributed by atoms with Gasteiger partial charge in [-0.15, -0.1) is 24.8 Å². The van der Waals surface area contributed by atoms with Crippen LogP contribution in [0, 0.1) is 62.6 Å². The summed E-state index contributed by atoms with van der Waals surface area (Å²) < 4.78 is 0. The number of carboxylic acids is 2. The molecule has 2 aromatic heterocycles. The van der Waals surface area contributed by atoms with Gasteiger partial charge in [0.15, 0.2) is 0 Å². The number of fused-ring (bicyclic) bond motifs is 7. The van der Waals surface area contributed by atoms with Gasteiger partial charge in [-0.3, -0.25) is 19.6 Å². The molecule has 0 bridgehead atoms. The van der Waals surface area contributed by atoms with Crippen LogP contribution in [0.1, 0.15) is 125 Å². The number of nitrogens with zero attached hydrogens (tertiary/aromatic N) is 2. The van der Waals surface area contributed by atoms with Crippen molar-refractivity contribution in [3.8, 4) is 0 Å². The maximum absolute atomic E-state index is 11.7. The van der Waals surface area contributed by atoms with Crippen molar-refractivity contribution >= 4 is 36.8 Å². The second-order valence-corrected chi connectivity index (χ2v) is 18.1. The molecule has 5 aliphatic carbocycles. The Hall–Kier alpha value is -2.44. The standard InChI is InChI=1S/C34H54O4.2C5H5N.2ClH/c1-21(2)23-11-16-34(17-13-27(35)36)19-18-32(6)24(29(23)34)8-9-26-31(5)14-10-22(20-28(37)38)30(3,4)25(31)12-15-33(26,32)7;2*1-2-4-6-5-3-1;;/h22-26,29H,1,8-20H2,2-7H3,(H,35,36)(H,37,38);2*1-5H;2*1H/t22?,23-,24+,25-,26+,29+,31-,32+,33+,34-;;;;/m0..../s1. The molecule has 6 nitrogen and oxygen atoms in total. The molecular weight excluding hydrogens is 691 g/mol. The fraction of sp³-hybridized carbons (Fsp3) is 0.682. The highest BCUT2D eigenvalue weighted by atomic mass is 35.5. The molecule has 2 aromatic rings. The van der Waals surface area contributed by atoms with Crippen molar-refractivity contribution in [2.24, 2.45) is 62.6 Å². The van der Waals surface area contributed by atoms with Crippen molar-refractivity contribution < 1.29 is 19.8 Å². The minimum absolute atomic E-state index is 0. The smallest absolute Gasteiger partial charge is 0.303 e. The number of rotatable bonds is 6. The lowest BCUT2D eigenvalue weighted by molar-refractivity contribution is -0.243. The van der Waals surface area contributed by atoms with E-state index in [1.807, 2.05) is 36.4 Å². The Kier molecular flexibility index (Phi) is 14.7. The number of pyridine rings is 2. The van der Waals surface area contributed by atoms with E-state index in [-0.39, 0.29) is 57.8 Å². The summed E-state index contributed by atoms with van der Waals surface area (Å²) in [5.74, 6) is 2.00. The molecule has 0 aromatic carbocycles. The highest BCUT2D eigenvalue weighted by molar-refractivity contribution is 5.85. The summed E-state index contributed by atoms with van der Waals surface area (Å²) in [6.07, 6.45) is 20.4. The SMILES string of the molecule is C=C(C)[C@@H]1CC[C@]2(CCC(=O)O)CC[C@]3(C)[C@H](CC[C@@H]4[C@@]5(C)CCC(CC(=O)O)C(C)(C)[C@@H]5CC[C@]43C)[C@@H]12.Cl.Cl.c1ccncc1.c1ccncc1. The highest BCUT2D eigenvalue weighted by Gasteiger charge is 2.70. The molecule has 5 aliphatic rings. The van der Waals surface area contributed by atoms with Crippen LogP contribution in [0.15, 0.2) is 73.3 Å². The van der Waals surface area contributed by atoms with Crippen LogP contribution in [0.4, 0.5) is 0 Å². The first kappa shape index (κ1) is 44.0. The molecule has 1 unspecified atom stereocenters. The van der Waals surface area contributed by atoms with Gasteiger partial charge < -0.3 is 10.2 Å². The summed E-state index contributed by atoms with van der Waals surface area (Å²) in [6.45, 7) is 19.3. The third-order valence-electron chi connectivity index (χ3n) is 15.9. The van der Waals surface area contributed by atoms with Crippen LogP contribution in [-0.4, -0.2) is 32.1 Å². The first-order valence-electron chi connectivity index (χ1n) is 19.4. The van der Waals surface area contributed by atoms with Gasteiger partial charge in [-0.25, -0.2) is 0 Å². The van der Waals surface area contributed by atoms with Crippen LogP contribution in [0.2, 0.25) is 0 Å². The summed E-state index contributed by atoms with van der Waals surface area (Å²) in [7, 11) is 0. The predicted molar refractivity (Wildman–Crippen MR) is 215 cm³/mol. The molecule has 8 heteroatoms. The Labute approximate surface area is 326 Å². The number of hydrogen-bond acceptors (Lipinski definition) is 4. The molecule has 0 radical (unpaired) electrons. The second kappa shape index (κ2) is 17.4. The van der Waals surface area contributed by atoms with Crippen molar-refractivity contribution in [2.45, 2.75) is 125 Å². The van der Waals surface area contributed by atoms with Gasteiger partial charge in [-0.1, -0.05) is 58.9 Å². The highest BCUT2D eigenvalue weighted by Crippen LogP contribution is 2.78. The van der Waals surface area contributed by atoms with Crippen LogP contribution >= 0.6 is 24.8 Å². The molecule has 2 heterocycles. The largest absolute Gasteiger partial charge is 0.481 e. The van der Waals surface area contributed by atoms with Crippen LogP contribution in [0.3, 0.4) is 0 Å². The van der Waals surface area contributed by atoms with E-state index in [2.05, 4.69) is 58.1 Å². The number of aromatic nitrogens is 2. The molecule has 2 N–H and O–H groups in total. The van der Waals surface area contributed by atoms with Gasteiger partial charge in [0.25, 0.3) is 0 Å². The van der Waals surface area contributed by atoms with Gasteiger partial charge in [0.1, 0.15) is 0 Å². The molecule has 0 aliphatic heterocycles. The minimum atomic E-state index is -0.645. The van der Waals surface area contributed by atoms with E-state index in [1.165, 1.54) is 63.4 Å². The van der Waals surface area contributed by atoms with Gasteiger partial charge in [0.05, 0.1) is 0 Å². The molecule has 52 heavy (non-hydrogen) atoms. The normalized spacial score (nSPS) is 37.8. The van der Waals surface area contributed by atoms with E-state index in [0.717, 1.165) is 12.8 Å². The average Bonchev–Trinajstić information content (AvgIpc) is 3.48. The molecule has 0 spiro atoms. The van der Waals surface area contributed by atoms with Crippen LogP contribution in [-0.2, 0) is 9.59 Å². The number of halogens is 2. The summed E-state index contributed by atoms with van der Waals surface area (Å²) in [6, 6.07) is 11.4. The first-order valence-corrected chi connectivity index (χ1v) is 19.4. The zero-order valence-electron chi connectivity index (χ0n) is 32.6. The molecular formula is C44H66Cl2N2O4. The third-order valence-corrected chi connectivity index (χ3v) is 15.9. The second-order valence-electron chi connectivity index (χ2n) is 18.1. The number of carbonyl (C=O) groups is 2. The maximum atomic E-state index is 11.7. The zero-order chi connectivity index (χ0) is 36.4. The third kappa shape index (κ3) is 8.14. The van der Waals surface area contributed by atoms with Crippen molar-refractivity contribution in [3.63, 3.8) is 0 Å². The van der Waals surface area contributed by atoms with E-state index >= 15 is 0 Å². The summed E-state index contributed by atoms with van der Waals surface area (Å²) in [5.41, 5.74) is 2.35. The number of carboxylic acid groups (broad SMARTS) is 2. The monoisotopic (exact) mass is 756 g/mol. The molecule has 7 rings (SSSR count). The fourth-order valence-corrected chi connectivity index (χ4v) is 13.3. The molecule has 0 amide bonds. The van der Waals surface area contributed by atoms with Gasteiger partial charge in [0, 0.05) is 37.6 Å². The minimum Gasteiger partial charge on any atom is -0.481 e. The number of hydrogen-bond donors (Lipinski definition) is 2. The van der Waals surface area contributed by atoms with Gasteiger partial charge in [-0.2, -0.15) is 0 Å². The lowest BCUT2D eigenvalue weighted by Crippen LogP contribution is -2.66. The van der Waals surface area contributed by atoms with E-state index in [1.54, 1.807) is 24.8 Å². The lowest BCUT2D eigenvalue weighted by atomic mass is 9.31. The Bertz CT molecular complexity index is 1390. The lowest BCUT2D eigenvalue weighted by Gasteiger charge is -2.73. The Morgan fingerprint density at radius 1 is 0.692 bits per heavy atom. The van der Waals surface area contributed by atoms with Gasteiger partial charge in [0.2, 0.25) is 0 Å². The molecule has 290 valence electrons. The quantitative estimate of drug-likeness (QED) is 0.285. The fourth-order valence-electron chi connectivity index (χ4n) is 13.3. The summed E-state index contributed by atoms with van der Waals surface area (Å²) in [5, 5.41) is 19.2. The van der Waals surface area contributed by atoms with E-state index in [4.69, 9.17) is 0 Å². The molecule has 0 saturated heterocycles. The van der Waals surface area contributed by atoms with Crippen LogP contribution < -0.4 is 0 Å². The van der Waals surface area contributed by atoms with Crippen molar-refractivity contribution in [2.75, 3.05) is 0 Å². The van der Waals surface area contributed by atoms with Gasteiger partial charge >= 0.3 is 11.9 Å². The van der Waals surface area contributed by atoms with Crippen LogP contribution in [0.25, 0.3) is 0 Å².